The van der Waals surface area contributed by atoms with Crippen LogP contribution in [0.3, 0.4) is 0 Å². The van der Waals surface area contributed by atoms with Crippen LogP contribution in [0.4, 0.5) is 5.69 Å². The van der Waals surface area contributed by atoms with Crippen LogP contribution < -0.4 is 5.32 Å². The van der Waals surface area contributed by atoms with Gasteiger partial charge in [0.15, 0.2) is 5.65 Å². The lowest BCUT2D eigenvalue weighted by Gasteiger charge is -2.02. The van der Waals surface area contributed by atoms with E-state index in [-0.39, 0.29) is 0 Å². The van der Waals surface area contributed by atoms with Gasteiger partial charge < -0.3 is 10.3 Å². The van der Waals surface area contributed by atoms with Crippen molar-refractivity contribution in [1.29, 1.82) is 0 Å². The number of hydrogen-bond acceptors (Lipinski definition) is 4. The number of nitrogens with one attached hydrogen (secondary N) is 2. The number of rotatable bonds is 1. The Kier molecular flexibility index (Phi) is 1.88. The molecule has 0 saturated heterocycles. The van der Waals surface area contributed by atoms with Gasteiger partial charge in [0.05, 0.1) is 6.20 Å². The van der Waals surface area contributed by atoms with Crippen LogP contribution in [0.2, 0.25) is 0 Å². The lowest BCUT2D eigenvalue weighted by molar-refractivity contribution is 1.11. The number of aromatic nitrogens is 4. The van der Waals surface area contributed by atoms with Gasteiger partial charge in [0.25, 0.3) is 0 Å². The molecule has 0 aliphatic carbocycles. The lowest BCUT2D eigenvalue weighted by atomic mass is 10.1. The molecule has 88 valence electrons. The van der Waals surface area contributed by atoms with Crippen molar-refractivity contribution in [2.45, 2.75) is 6.42 Å². The molecule has 0 radical (unpaired) electrons. The molecule has 0 spiro atoms. The van der Waals surface area contributed by atoms with Crippen molar-refractivity contribution in [1.82, 2.24) is 19.9 Å². The summed E-state index contributed by atoms with van der Waals surface area (Å²) in [5.74, 6) is 0.835. The molecule has 2 N–H and O–H groups in total. The summed E-state index contributed by atoms with van der Waals surface area (Å²) in [6, 6.07) is 6.38. The summed E-state index contributed by atoms with van der Waals surface area (Å²) >= 11 is 0. The van der Waals surface area contributed by atoms with Crippen molar-refractivity contribution in [3.8, 4) is 11.4 Å². The summed E-state index contributed by atoms with van der Waals surface area (Å²) in [5, 5.41) is 3.37. The number of nitrogens with zero attached hydrogens (tertiary/aromatic N) is 3. The van der Waals surface area contributed by atoms with Gasteiger partial charge in [-0.15, -0.1) is 0 Å². The molecule has 1 aliphatic rings. The minimum Gasteiger partial charge on any atom is -0.384 e. The summed E-state index contributed by atoms with van der Waals surface area (Å²) < 4.78 is 0. The first-order valence-corrected chi connectivity index (χ1v) is 5.93. The van der Waals surface area contributed by atoms with Gasteiger partial charge >= 0.3 is 0 Å². The second-order valence-corrected chi connectivity index (χ2v) is 4.39. The maximum absolute atomic E-state index is 4.47. The molecule has 0 amide bonds. The summed E-state index contributed by atoms with van der Waals surface area (Å²) in [5.41, 5.74) is 5.21. The van der Waals surface area contributed by atoms with Crippen LogP contribution in [0.15, 0.2) is 30.7 Å². The first-order valence-electron chi connectivity index (χ1n) is 5.93. The Morgan fingerprint density at radius 3 is 3.17 bits per heavy atom. The molecule has 0 fully saturated rings. The van der Waals surface area contributed by atoms with E-state index in [2.05, 4.69) is 43.5 Å². The predicted octanol–water partition coefficient (Wildman–Crippen LogP) is 1.99. The highest BCUT2D eigenvalue weighted by atomic mass is 15.0. The van der Waals surface area contributed by atoms with E-state index < -0.39 is 0 Å². The maximum Gasteiger partial charge on any atom is 0.181 e. The van der Waals surface area contributed by atoms with Gasteiger partial charge in [0.2, 0.25) is 0 Å². The normalized spacial score (nSPS) is 13.6. The Hall–Kier alpha value is -2.43. The van der Waals surface area contributed by atoms with Gasteiger partial charge in [0, 0.05) is 17.8 Å². The zero-order valence-corrected chi connectivity index (χ0v) is 9.64. The Morgan fingerprint density at radius 1 is 1.22 bits per heavy atom. The molecule has 5 nitrogen and oxygen atoms in total. The first kappa shape index (κ1) is 9.58. The van der Waals surface area contributed by atoms with Crippen molar-refractivity contribution < 1.29 is 0 Å². The van der Waals surface area contributed by atoms with Gasteiger partial charge in [0.1, 0.15) is 17.7 Å². The fourth-order valence-electron chi connectivity index (χ4n) is 2.34. The molecule has 1 aliphatic heterocycles. The summed E-state index contributed by atoms with van der Waals surface area (Å²) in [4.78, 5) is 15.8. The van der Waals surface area contributed by atoms with Crippen molar-refractivity contribution >= 4 is 16.9 Å². The number of benzene rings is 1. The Balaban J connectivity index is 1.86. The smallest absolute Gasteiger partial charge is 0.181 e. The largest absolute Gasteiger partial charge is 0.384 e. The Labute approximate surface area is 103 Å². The number of anilines is 1. The van der Waals surface area contributed by atoms with E-state index in [9.17, 15) is 0 Å². The SMILES string of the molecule is c1ncc2[nH]c(-c3ccc4c(c3)NCC4)nc2n1. The van der Waals surface area contributed by atoms with Gasteiger partial charge in [-0.25, -0.2) is 15.0 Å². The van der Waals surface area contributed by atoms with Gasteiger partial charge in [-0.05, 0) is 18.1 Å². The molecular weight excluding hydrogens is 226 g/mol. The molecule has 5 heteroatoms. The van der Waals surface area contributed by atoms with E-state index in [4.69, 9.17) is 0 Å². The van der Waals surface area contributed by atoms with Crippen LogP contribution >= 0.6 is 0 Å². The van der Waals surface area contributed by atoms with E-state index in [1.165, 1.54) is 17.6 Å². The van der Waals surface area contributed by atoms with Gasteiger partial charge in [-0.3, -0.25) is 0 Å². The zero-order chi connectivity index (χ0) is 11.9. The van der Waals surface area contributed by atoms with E-state index in [1.54, 1.807) is 6.20 Å². The van der Waals surface area contributed by atoms with Crippen molar-refractivity contribution in [2.24, 2.45) is 0 Å². The monoisotopic (exact) mass is 237 g/mol. The fraction of sp³-hybridized carbons (Fsp3) is 0.154. The van der Waals surface area contributed by atoms with E-state index in [1.807, 2.05) is 0 Å². The average molecular weight is 237 g/mol. The molecule has 0 unspecified atom stereocenters. The number of hydrogen-bond donors (Lipinski definition) is 2. The van der Waals surface area contributed by atoms with Crippen LogP contribution in [-0.4, -0.2) is 26.5 Å². The standard InChI is InChI=1S/C13H11N5/c1-2-9(5-10-8(1)3-4-15-10)12-17-11-6-14-7-16-13(11)18-12/h1-2,5-7,15H,3-4H2,(H,14,16,17,18). The topological polar surface area (TPSA) is 66.5 Å². The average Bonchev–Trinajstić information content (AvgIpc) is 3.04. The summed E-state index contributed by atoms with van der Waals surface area (Å²) in [6.07, 6.45) is 4.35. The van der Waals surface area contributed by atoms with Crippen LogP contribution in [0, 0.1) is 0 Å². The molecule has 3 heterocycles. The highest BCUT2D eigenvalue weighted by molar-refractivity contribution is 5.76. The van der Waals surface area contributed by atoms with Gasteiger partial charge in [-0.1, -0.05) is 12.1 Å². The maximum atomic E-state index is 4.47. The second kappa shape index (κ2) is 3.53. The van der Waals surface area contributed by atoms with Crippen LogP contribution in [0.5, 0.6) is 0 Å². The third-order valence-corrected chi connectivity index (χ3v) is 3.26. The Bertz CT molecular complexity index is 698. The number of imidazole rings is 1. The summed E-state index contributed by atoms with van der Waals surface area (Å²) in [6.45, 7) is 1.02. The third kappa shape index (κ3) is 1.37. The number of aromatic amines is 1. The molecule has 18 heavy (non-hydrogen) atoms. The first-order chi connectivity index (χ1) is 8.90. The number of H-pyrrole nitrogens is 1. The molecule has 2 aromatic heterocycles. The van der Waals surface area contributed by atoms with Gasteiger partial charge in [-0.2, -0.15) is 0 Å². The second-order valence-electron chi connectivity index (χ2n) is 4.39. The minimum absolute atomic E-state index is 0.702. The number of fused-ring (bicyclic) bond motifs is 2. The molecule has 0 bridgehead atoms. The quantitative estimate of drug-likeness (QED) is 0.679. The van der Waals surface area contributed by atoms with Crippen LogP contribution in [0.1, 0.15) is 5.56 Å². The van der Waals surface area contributed by atoms with Crippen molar-refractivity contribution in [3.63, 3.8) is 0 Å². The molecule has 4 rings (SSSR count). The van der Waals surface area contributed by atoms with E-state index in [0.717, 1.165) is 29.9 Å². The van der Waals surface area contributed by atoms with Crippen molar-refractivity contribution in [3.05, 3.63) is 36.3 Å². The molecule has 0 saturated carbocycles. The minimum atomic E-state index is 0.702. The van der Waals surface area contributed by atoms with Crippen LogP contribution in [0.25, 0.3) is 22.6 Å². The zero-order valence-electron chi connectivity index (χ0n) is 9.64. The molecule has 0 atom stereocenters. The molecular formula is C13H11N5. The van der Waals surface area contributed by atoms with Crippen LogP contribution in [-0.2, 0) is 6.42 Å². The van der Waals surface area contributed by atoms with Crippen molar-refractivity contribution in [2.75, 3.05) is 11.9 Å². The Morgan fingerprint density at radius 2 is 2.22 bits per heavy atom. The summed E-state index contributed by atoms with van der Waals surface area (Å²) in [7, 11) is 0. The molecule has 3 aromatic rings. The fourth-order valence-corrected chi connectivity index (χ4v) is 2.34. The highest BCUT2D eigenvalue weighted by Gasteiger charge is 2.12. The predicted molar refractivity (Wildman–Crippen MR) is 69.3 cm³/mol. The third-order valence-electron chi connectivity index (χ3n) is 3.26. The highest BCUT2D eigenvalue weighted by Crippen LogP contribution is 2.28. The molecule has 1 aromatic carbocycles. The van der Waals surface area contributed by atoms with E-state index in [0.29, 0.717) is 5.65 Å². The lowest BCUT2D eigenvalue weighted by Crippen LogP contribution is -1.91. The van der Waals surface area contributed by atoms with E-state index >= 15 is 0 Å².